The maximum Gasteiger partial charge on any atom is 0.133 e. The summed E-state index contributed by atoms with van der Waals surface area (Å²) < 4.78 is 0. The monoisotopic (exact) mass is 276 g/mol. The van der Waals surface area contributed by atoms with E-state index in [0.717, 1.165) is 28.8 Å². The molecule has 2 aromatic rings. The molecular weight excluding hydrogens is 256 g/mol. The quantitative estimate of drug-likeness (QED) is 0.566. The molecule has 0 aliphatic heterocycles. The van der Waals surface area contributed by atoms with Gasteiger partial charge >= 0.3 is 0 Å². The number of para-hydroxylation sites is 1. The largest absolute Gasteiger partial charge is 0.359 e. The maximum absolute atomic E-state index is 6.07. The van der Waals surface area contributed by atoms with Gasteiger partial charge in [0, 0.05) is 24.5 Å². The Morgan fingerprint density at radius 1 is 1.21 bits per heavy atom. The Morgan fingerprint density at radius 2 is 2.00 bits per heavy atom. The van der Waals surface area contributed by atoms with Crippen LogP contribution in [0.1, 0.15) is 31.7 Å². The molecule has 1 aromatic heterocycles. The maximum atomic E-state index is 6.07. The van der Waals surface area contributed by atoms with Crippen molar-refractivity contribution >= 4 is 28.3 Å². The summed E-state index contributed by atoms with van der Waals surface area (Å²) in [6.07, 6.45) is 3.69. The van der Waals surface area contributed by atoms with Gasteiger partial charge in [-0.05, 0) is 18.6 Å². The Morgan fingerprint density at radius 3 is 2.74 bits per heavy atom. The lowest BCUT2D eigenvalue weighted by Crippen LogP contribution is -2.21. The van der Waals surface area contributed by atoms with E-state index in [4.69, 9.17) is 16.6 Å². The molecule has 1 aromatic carbocycles. The van der Waals surface area contributed by atoms with Crippen molar-refractivity contribution in [3.63, 3.8) is 0 Å². The zero-order valence-corrected chi connectivity index (χ0v) is 12.5. The predicted molar refractivity (Wildman–Crippen MR) is 84.1 cm³/mol. The normalized spacial score (nSPS) is 10.9. The summed E-state index contributed by atoms with van der Waals surface area (Å²) >= 11 is 6.07. The first-order valence-corrected chi connectivity index (χ1v) is 7.45. The summed E-state index contributed by atoms with van der Waals surface area (Å²) in [5.74, 6) is 1.52. The van der Waals surface area contributed by atoms with Crippen LogP contribution in [0.3, 0.4) is 0 Å². The summed E-state index contributed by atoms with van der Waals surface area (Å²) in [7, 11) is 2.10. The molecule has 0 radical (unpaired) electrons. The zero-order valence-electron chi connectivity index (χ0n) is 11.7. The van der Waals surface area contributed by atoms with Crippen LogP contribution in [0.2, 0.25) is 0 Å². The van der Waals surface area contributed by atoms with Gasteiger partial charge in [-0.1, -0.05) is 38.0 Å². The lowest BCUT2D eigenvalue weighted by Gasteiger charge is -2.21. The molecule has 0 atom stereocenters. The highest BCUT2D eigenvalue weighted by molar-refractivity contribution is 6.17. The van der Waals surface area contributed by atoms with E-state index in [0.29, 0.717) is 5.88 Å². The van der Waals surface area contributed by atoms with Crippen molar-refractivity contribution in [2.45, 2.75) is 32.1 Å². The van der Waals surface area contributed by atoms with E-state index in [1.165, 1.54) is 19.3 Å². The summed E-state index contributed by atoms with van der Waals surface area (Å²) in [6, 6.07) is 10.3. The van der Waals surface area contributed by atoms with Crippen molar-refractivity contribution in [1.29, 1.82) is 0 Å². The lowest BCUT2D eigenvalue weighted by molar-refractivity contribution is 0.701. The smallest absolute Gasteiger partial charge is 0.133 e. The number of alkyl halides is 1. The number of hydrogen-bond donors (Lipinski definition) is 0. The number of benzene rings is 1. The third-order valence-corrected chi connectivity index (χ3v) is 3.67. The molecule has 2 rings (SSSR count). The minimum absolute atomic E-state index is 0.505. The van der Waals surface area contributed by atoms with Gasteiger partial charge < -0.3 is 4.90 Å². The van der Waals surface area contributed by atoms with Gasteiger partial charge in [0.05, 0.1) is 11.4 Å². The average Bonchev–Trinajstić information content (AvgIpc) is 2.46. The number of aromatic nitrogens is 1. The Balaban J connectivity index is 2.29. The van der Waals surface area contributed by atoms with E-state index in [-0.39, 0.29) is 0 Å². The number of unbranched alkanes of at least 4 members (excludes halogenated alkanes) is 2. The van der Waals surface area contributed by atoms with Crippen LogP contribution in [0.15, 0.2) is 30.3 Å². The van der Waals surface area contributed by atoms with Gasteiger partial charge in [0.25, 0.3) is 0 Å². The number of pyridine rings is 1. The van der Waals surface area contributed by atoms with E-state index in [9.17, 15) is 0 Å². The molecule has 0 bridgehead atoms. The van der Waals surface area contributed by atoms with Crippen molar-refractivity contribution in [3.8, 4) is 0 Å². The third kappa shape index (κ3) is 3.38. The van der Waals surface area contributed by atoms with Gasteiger partial charge in [0.1, 0.15) is 5.82 Å². The van der Waals surface area contributed by atoms with Crippen LogP contribution in [0.5, 0.6) is 0 Å². The number of rotatable bonds is 6. The fourth-order valence-electron chi connectivity index (χ4n) is 2.28. The van der Waals surface area contributed by atoms with Gasteiger partial charge in [-0.3, -0.25) is 0 Å². The van der Waals surface area contributed by atoms with Crippen LogP contribution in [0, 0.1) is 0 Å². The molecule has 0 aliphatic rings. The Hall–Kier alpha value is -1.28. The molecule has 3 heteroatoms. The summed E-state index contributed by atoms with van der Waals surface area (Å²) in [5, 5.41) is 1.16. The fourth-order valence-corrected chi connectivity index (χ4v) is 2.48. The number of anilines is 1. The van der Waals surface area contributed by atoms with Crippen LogP contribution in [0.4, 0.5) is 5.82 Å². The molecule has 0 saturated heterocycles. The zero-order chi connectivity index (χ0) is 13.7. The highest BCUT2D eigenvalue weighted by Gasteiger charge is 2.10. The fraction of sp³-hybridized carbons (Fsp3) is 0.438. The molecule has 0 fully saturated rings. The van der Waals surface area contributed by atoms with Crippen molar-refractivity contribution in [2.75, 3.05) is 18.5 Å². The summed E-state index contributed by atoms with van der Waals surface area (Å²) in [5.41, 5.74) is 2.15. The van der Waals surface area contributed by atoms with Gasteiger partial charge in [-0.25, -0.2) is 4.98 Å². The van der Waals surface area contributed by atoms with E-state index in [2.05, 4.69) is 37.1 Å². The second kappa shape index (κ2) is 6.76. The number of halogens is 1. The minimum Gasteiger partial charge on any atom is -0.359 e. The second-order valence-corrected chi connectivity index (χ2v) is 5.19. The number of hydrogen-bond acceptors (Lipinski definition) is 2. The summed E-state index contributed by atoms with van der Waals surface area (Å²) in [6.45, 7) is 3.25. The first-order valence-electron chi connectivity index (χ1n) is 6.92. The van der Waals surface area contributed by atoms with E-state index >= 15 is 0 Å². The molecule has 0 spiro atoms. The van der Waals surface area contributed by atoms with Gasteiger partial charge in [-0.2, -0.15) is 0 Å². The van der Waals surface area contributed by atoms with Gasteiger partial charge in [0.15, 0.2) is 0 Å². The van der Waals surface area contributed by atoms with E-state index < -0.39 is 0 Å². The molecule has 0 saturated carbocycles. The van der Waals surface area contributed by atoms with Crippen molar-refractivity contribution in [1.82, 2.24) is 4.98 Å². The highest BCUT2D eigenvalue weighted by atomic mass is 35.5. The van der Waals surface area contributed by atoms with Crippen LogP contribution < -0.4 is 4.90 Å². The van der Waals surface area contributed by atoms with E-state index in [1.54, 1.807) is 0 Å². The Bertz CT molecular complexity index is 539. The third-order valence-electron chi connectivity index (χ3n) is 3.38. The molecule has 2 nitrogen and oxygen atoms in total. The number of fused-ring (bicyclic) bond motifs is 1. The molecule has 102 valence electrons. The van der Waals surface area contributed by atoms with Crippen LogP contribution in [0.25, 0.3) is 10.9 Å². The van der Waals surface area contributed by atoms with Crippen molar-refractivity contribution in [2.24, 2.45) is 0 Å². The van der Waals surface area contributed by atoms with Crippen LogP contribution >= 0.6 is 11.6 Å². The second-order valence-electron chi connectivity index (χ2n) is 4.93. The molecule has 1 heterocycles. The SMILES string of the molecule is CCCCCN(C)c1nc2ccccc2cc1CCl. The van der Waals surface area contributed by atoms with Crippen LogP contribution in [-0.2, 0) is 5.88 Å². The van der Waals surface area contributed by atoms with Gasteiger partial charge in [0.2, 0.25) is 0 Å². The molecular formula is C16H21ClN2. The molecule has 0 aliphatic carbocycles. The molecule has 0 unspecified atom stereocenters. The van der Waals surface area contributed by atoms with Gasteiger partial charge in [-0.15, -0.1) is 11.6 Å². The molecule has 19 heavy (non-hydrogen) atoms. The lowest BCUT2D eigenvalue weighted by atomic mass is 10.1. The highest BCUT2D eigenvalue weighted by Crippen LogP contribution is 2.24. The molecule has 0 amide bonds. The van der Waals surface area contributed by atoms with Crippen LogP contribution in [-0.4, -0.2) is 18.6 Å². The standard InChI is InChI=1S/C16H21ClN2/c1-3-4-7-10-19(2)16-14(12-17)11-13-8-5-6-9-15(13)18-16/h5-6,8-9,11H,3-4,7,10,12H2,1-2H3. The predicted octanol–water partition coefficient (Wildman–Crippen LogP) is 4.60. The first-order chi connectivity index (χ1) is 9.26. The van der Waals surface area contributed by atoms with Crippen molar-refractivity contribution in [3.05, 3.63) is 35.9 Å². The topological polar surface area (TPSA) is 16.1 Å². The molecule has 0 N–H and O–H groups in total. The first kappa shape index (κ1) is 14.1. The van der Waals surface area contributed by atoms with E-state index in [1.807, 2.05) is 12.1 Å². The average molecular weight is 277 g/mol. The minimum atomic E-state index is 0.505. The van der Waals surface area contributed by atoms with Crippen molar-refractivity contribution < 1.29 is 0 Å². The Labute approximate surface area is 120 Å². The Kier molecular flexibility index (Phi) is 5.03. The number of nitrogens with zero attached hydrogens (tertiary/aromatic N) is 2. The summed E-state index contributed by atoms with van der Waals surface area (Å²) in [4.78, 5) is 6.99.